The molecule has 0 atom stereocenters. The Morgan fingerprint density at radius 1 is 1.22 bits per heavy atom. The summed E-state index contributed by atoms with van der Waals surface area (Å²) in [6.07, 6.45) is 2.89. The number of thioether (sulfide) groups is 1. The first kappa shape index (κ1) is 18.0. The molecule has 3 aromatic heterocycles. The Morgan fingerprint density at radius 3 is 2.74 bits per heavy atom. The number of rotatable bonds is 5. The number of pyridine rings is 2. The first-order chi connectivity index (χ1) is 13.0. The summed E-state index contributed by atoms with van der Waals surface area (Å²) in [5.41, 5.74) is 2.18. The molecule has 0 spiro atoms. The number of nitrogens with one attached hydrogen (secondary N) is 1. The van der Waals surface area contributed by atoms with Crippen molar-refractivity contribution in [1.29, 1.82) is 0 Å². The van der Waals surface area contributed by atoms with E-state index in [0.29, 0.717) is 17.3 Å². The van der Waals surface area contributed by atoms with E-state index < -0.39 is 10.0 Å². The molecule has 0 saturated heterocycles. The van der Waals surface area contributed by atoms with E-state index >= 15 is 0 Å². The van der Waals surface area contributed by atoms with Crippen LogP contribution in [-0.4, -0.2) is 39.5 Å². The van der Waals surface area contributed by atoms with Gasteiger partial charge in [0.25, 0.3) is 5.56 Å². The zero-order chi connectivity index (χ0) is 19.0. The fraction of sp³-hybridized carbons (Fsp3) is 0.235. The molecule has 0 bridgehead atoms. The Balaban J connectivity index is 1.59. The van der Waals surface area contributed by atoms with E-state index in [2.05, 4.69) is 15.1 Å². The average Bonchev–Trinajstić information content (AvgIpc) is 3.26. The summed E-state index contributed by atoms with van der Waals surface area (Å²) >= 11 is 1.68. The Hall–Kier alpha value is -2.43. The van der Waals surface area contributed by atoms with Crippen molar-refractivity contribution in [3.8, 4) is 5.82 Å². The maximum atomic E-state index is 12.7. The fourth-order valence-electron chi connectivity index (χ4n) is 2.84. The number of nitrogens with zero attached hydrogens (tertiary/aromatic N) is 4. The maximum absolute atomic E-state index is 12.7. The van der Waals surface area contributed by atoms with E-state index in [1.165, 1.54) is 34.4 Å². The van der Waals surface area contributed by atoms with E-state index in [4.69, 9.17) is 0 Å². The van der Waals surface area contributed by atoms with Crippen LogP contribution in [0, 0.1) is 0 Å². The van der Waals surface area contributed by atoms with Gasteiger partial charge in [-0.15, -0.1) is 0 Å². The van der Waals surface area contributed by atoms with Crippen LogP contribution in [0.15, 0.2) is 52.4 Å². The largest absolute Gasteiger partial charge is 0.292 e. The Labute approximate surface area is 160 Å². The maximum Gasteiger partial charge on any atom is 0.276 e. The quantitative estimate of drug-likeness (QED) is 0.693. The molecule has 27 heavy (non-hydrogen) atoms. The molecule has 4 rings (SSSR count). The minimum Gasteiger partial charge on any atom is -0.292 e. The van der Waals surface area contributed by atoms with Crippen LogP contribution >= 0.6 is 11.8 Å². The van der Waals surface area contributed by atoms with Gasteiger partial charge in [0.05, 0.1) is 23.5 Å². The SMILES string of the molecule is CN(Cc1ccccn1)S(=O)(=O)c1ccc(-n2[nH]c3c(c2=O)CSC3)nc1. The van der Waals surface area contributed by atoms with Crippen molar-refractivity contribution >= 4 is 21.8 Å². The van der Waals surface area contributed by atoms with Gasteiger partial charge in [-0.2, -0.15) is 16.1 Å². The number of hydrogen-bond acceptors (Lipinski definition) is 6. The fourth-order valence-corrected chi connectivity index (χ4v) is 4.98. The summed E-state index contributed by atoms with van der Waals surface area (Å²) in [5, 5.41) is 3.04. The number of fused-ring (bicyclic) bond motifs is 1. The van der Waals surface area contributed by atoms with Crippen LogP contribution in [0.5, 0.6) is 0 Å². The van der Waals surface area contributed by atoms with Crippen LogP contribution in [0.4, 0.5) is 0 Å². The molecule has 140 valence electrons. The van der Waals surface area contributed by atoms with Crippen LogP contribution in [0.2, 0.25) is 0 Å². The lowest BCUT2D eigenvalue weighted by molar-refractivity contribution is 0.462. The topological polar surface area (TPSA) is 101 Å². The first-order valence-corrected chi connectivity index (χ1v) is 10.8. The van der Waals surface area contributed by atoms with E-state index in [1.807, 2.05) is 6.07 Å². The summed E-state index contributed by atoms with van der Waals surface area (Å²) in [6, 6.07) is 8.34. The second-order valence-electron chi connectivity index (χ2n) is 6.14. The second kappa shape index (κ2) is 6.95. The highest BCUT2D eigenvalue weighted by Crippen LogP contribution is 2.26. The summed E-state index contributed by atoms with van der Waals surface area (Å²) in [5.74, 6) is 1.82. The van der Waals surface area contributed by atoms with Gasteiger partial charge in [-0.05, 0) is 24.3 Å². The zero-order valence-electron chi connectivity index (χ0n) is 14.5. The molecule has 0 radical (unpaired) electrons. The lowest BCUT2D eigenvalue weighted by Crippen LogP contribution is -2.27. The highest BCUT2D eigenvalue weighted by molar-refractivity contribution is 7.98. The Morgan fingerprint density at radius 2 is 2.07 bits per heavy atom. The van der Waals surface area contributed by atoms with Crippen molar-refractivity contribution in [2.24, 2.45) is 0 Å². The molecule has 1 aliphatic heterocycles. The molecular formula is C17H17N5O3S2. The predicted octanol–water partition coefficient (Wildman–Crippen LogP) is 1.52. The molecule has 8 nitrogen and oxygen atoms in total. The van der Waals surface area contributed by atoms with Gasteiger partial charge in [-0.1, -0.05) is 6.07 Å². The minimum atomic E-state index is -3.71. The van der Waals surface area contributed by atoms with Gasteiger partial charge in [-0.25, -0.2) is 18.1 Å². The van der Waals surface area contributed by atoms with Crippen molar-refractivity contribution in [1.82, 2.24) is 24.1 Å². The molecule has 3 aromatic rings. The lowest BCUT2D eigenvalue weighted by Gasteiger charge is -2.16. The molecule has 1 N–H and O–H groups in total. The third-order valence-electron chi connectivity index (χ3n) is 4.33. The van der Waals surface area contributed by atoms with Crippen LogP contribution < -0.4 is 5.56 Å². The summed E-state index contributed by atoms with van der Waals surface area (Å²) in [4.78, 5) is 20.8. The van der Waals surface area contributed by atoms with Crippen molar-refractivity contribution in [3.05, 3.63) is 70.0 Å². The third-order valence-corrected chi connectivity index (χ3v) is 7.11. The molecule has 0 amide bonds. The van der Waals surface area contributed by atoms with Crippen molar-refractivity contribution in [2.45, 2.75) is 22.9 Å². The molecule has 0 saturated carbocycles. The molecule has 0 aromatic carbocycles. The highest BCUT2D eigenvalue weighted by atomic mass is 32.2. The van der Waals surface area contributed by atoms with Gasteiger partial charge in [0.15, 0.2) is 5.82 Å². The van der Waals surface area contributed by atoms with Gasteiger partial charge >= 0.3 is 0 Å². The van der Waals surface area contributed by atoms with E-state index in [0.717, 1.165) is 17.0 Å². The molecular weight excluding hydrogens is 386 g/mol. The van der Waals surface area contributed by atoms with E-state index in [9.17, 15) is 13.2 Å². The molecule has 0 fully saturated rings. The lowest BCUT2D eigenvalue weighted by atomic mass is 10.3. The van der Waals surface area contributed by atoms with Crippen LogP contribution in [-0.2, 0) is 28.1 Å². The van der Waals surface area contributed by atoms with Gasteiger partial charge < -0.3 is 0 Å². The Bertz CT molecular complexity index is 1120. The summed E-state index contributed by atoms with van der Waals surface area (Å²) in [6.45, 7) is 0.158. The van der Waals surface area contributed by atoms with Gasteiger partial charge in [-0.3, -0.25) is 14.9 Å². The summed E-state index contributed by atoms with van der Waals surface area (Å²) < 4.78 is 28.1. The number of aromatic nitrogens is 4. The smallest absolute Gasteiger partial charge is 0.276 e. The van der Waals surface area contributed by atoms with E-state index in [-0.39, 0.29) is 17.0 Å². The van der Waals surface area contributed by atoms with Gasteiger partial charge in [0.2, 0.25) is 10.0 Å². The molecule has 0 aliphatic carbocycles. The summed E-state index contributed by atoms with van der Waals surface area (Å²) in [7, 11) is -2.22. The van der Waals surface area contributed by atoms with Crippen LogP contribution in [0.1, 0.15) is 17.0 Å². The van der Waals surface area contributed by atoms with Crippen molar-refractivity contribution in [2.75, 3.05) is 7.05 Å². The molecule has 1 aliphatic rings. The minimum absolute atomic E-state index is 0.0624. The third kappa shape index (κ3) is 3.31. The standard InChI is InChI=1S/C17H17N5O3S2/c1-21(9-12-4-2-3-7-18-12)27(24,25)13-5-6-16(19-8-13)22-17(23)14-10-26-11-15(14)20-22/h2-8,20H,9-11H2,1H3. The predicted molar refractivity (Wildman–Crippen MR) is 102 cm³/mol. The number of hydrogen-bond donors (Lipinski definition) is 1. The average molecular weight is 403 g/mol. The first-order valence-electron chi connectivity index (χ1n) is 8.20. The number of sulfonamides is 1. The molecule has 4 heterocycles. The van der Waals surface area contributed by atoms with Gasteiger partial charge in [0, 0.05) is 30.9 Å². The van der Waals surface area contributed by atoms with Crippen molar-refractivity contribution in [3.63, 3.8) is 0 Å². The van der Waals surface area contributed by atoms with E-state index in [1.54, 1.807) is 30.1 Å². The number of aromatic amines is 1. The van der Waals surface area contributed by atoms with Crippen LogP contribution in [0.3, 0.4) is 0 Å². The second-order valence-corrected chi connectivity index (χ2v) is 9.17. The monoisotopic (exact) mass is 403 g/mol. The van der Waals surface area contributed by atoms with Gasteiger partial charge in [0.1, 0.15) is 4.90 Å². The van der Waals surface area contributed by atoms with Crippen molar-refractivity contribution < 1.29 is 8.42 Å². The molecule has 0 unspecified atom stereocenters. The van der Waals surface area contributed by atoms with Crippen LogP contribution in [0.25, 0.3) is 5.82 Å². The Kier molecular flexibility index (Phi) is 4.62. The number of H-pyrrole nitrogens is 1. The zero-order valence-corrected chi connectivity index (χ0v) is 16.1. The molecule has 10 heteroatoms. The highest BCUT2D eigenvalue weighted by Gasteiger charge is 2.23. The normalized spacial score (nSPS) is 13.9.